The van der Waals surface area contributed by atoms with Gasteiger partial charge in [-0.25, -0.2) is 4.79 Å². The first-order chi connectivity index (χ1) is 11.8. The number of nitro groups is 2. The summed E-state index contributed by atoms with van der Waals surface area (Å²) in [5.74, 6) is -0.738. The lowest BCUT2D eigenvalue weighted by Crippen LogP contribution is -2.43. The van der Waals surface area contributed by atoms with E-state index in [4.69, 9.17) is 0 Å². The van der Waals surface area contributed by atoms with Gasteiger partial charge in [-0.1, -0.05) is 0 Å². The van der Waals surface area contributed by atoms with Crippen LogP contribution in [0.15, 0.2) is 36.4 Å². The molecule has 0 radical (unpaired) electrons. The van der Waals surface area contributed by atoms with Crippen molar-refractivity contribution in [2.75, 3.05) is 0 Å². The normalized spacial score (nSPS) is 16.2. The molecule has 3 amide bonds. The Balaban J connectivity index is 2.07. The van der Waals surface area contributed by atoms with Gasteiger partial charge in [0.1, 0.15) is 0 Å². The van der Waals surface area contributed by atoms with Crippen LogP contribution in [0.1, 0.15) is 11.1 Å². The Kier molecular flexibility index (Phi) is 2.71. The number of urea groups is 1. The van der Waals surface area contributed by atoms with Crippen molar-refractivity contribution in [2.45, 2.75) is 5.54 Å². The van der Waals surface area contributed by atoms with Gasteiger partial charge in [-0.05, 0) is 23.3 Å². The lowest BCUT2D eigenvalue weighted by atomic mass is 9.87. The fraction of sp³-hybridized carbons (Fsp3) is 0.0667. The highest BCUT2D eigenvalue weighted by atomic mass is 16.6. The van der Waals surface area contributed by atoms with Crippen molar-refractivity contribution in [3.63, 3.8) is 0 Å². The van der Waals surface area contributed by atoms with Gasteiger partial charge in [0.25, 0.3) is 17.3 Å². The Morgan fingerprint density at radius 2 is 1.32 bits per heavy atom. The molecule has 2 aliphatic rings. The van der Waals surface area contributed by atoms with Crippen LogP contribution in [0.4, 0.5) is 16.2 Å². The number of carbonyl (C=O) groups is 2. The standard InChI is InChI=1S/C15H8N4O6/c20-13-15(17-14(21)16-13)11-5-7(18(22)23)1-3-9(11)10-4-2-8(19(24)25)6-12(10)15/h1-6H,(H2,16,17,20,21). The highest BCUT2D eigenvalue weighted by molar-refractivity contribution is 6.13. The Bertz CT molecular complexity index is 952. The third-order valence-electron chi connectivity index (χ3n) is 4.39. The molecule has 1 aliphatic heterocycles. The number of imide groups is 1. The fourth-order valence-electron chi connectivity index (χ4n) is 3.36. The van der Waals surface area contributed by atoms with Gasteiger partial charge in [-0.15, -0.1) is 0 Å². The fourth-order valence-corrected chi connectivity index (χ4v) is 3.36. The zero-order chi connectivity index (χ0) is 17.9. The van der Waals surface area contributed by atoms with E-state index in [0.717, 1.165) is 0 Å². The SMILES string of the molecule is O=C1NC(=O)C2(N1)c1cc([N+](=O)[O-])ccc1-c1ccc([N+](=O)[O-])cc12. The van der Waals surface area contributed by atoms with Crippen LogP contribution in [0.5, 0.6) is 0 Å². The number of benzene rings is 2. The van der Waals surface area contributed by atoms with Crippen molar-refractivity contribution < 1.29 is 19.4 Å². The van der Waals surface area contributed by atoms with Crippen LogP contribution in [-0.4, -0.2) is 21.8 Å². The van der Waals surface area contributed by atoms with E-state index >= 15 is 0 Å². The van der Waals surface area contributed by atoms with Crippen molar-refractivity contribution in [1.82, 2.24) is 10.6 Å². The molecule has 1 heterocycles. The van der Waals surface area contributed by atoms with Crippen molar-refractivity contribution in [1.29, 1.82) is 0 Å². The zero-order valence-corrected chi connectivity index (χ0v) is 12.3. The number of nitrogens with zero attached hydrogens (tertiary/aromatic N) is 2. The van der Waals surface area contributed by atoms with Gasteiger partial charge in [-0.3, -0.25) is 30.3 Å². The predicted molar refractivity (Wildman–Crippen MR) is 82.6 cm³/mol. The summed E-state index contributed by atoms with van der Waals surface area (Å²) in [6, 6.07) is 7.10. The molecule has 4 rings (SSSR count). The molecule has 0 atom stereocenters. The molecule has 0 bridgehead atoms. The maximum absolute atomic E-state index is 12.6. The van der Waals surface area contributed by atoms with Crippen LogP contribution < -0.4 is 10.6 Å². The van der Waals surface area contributed by atoms with Crippen LogP contribution in [-0.2, 0) is 10.3 Å². The average molecular weight is 340 g/mol. The summed E-state index contributed by atoms with van der Waals surface area (Å²) in [5.41, 5.74) is -0.828. The van der Waals surface area contributed by atoms with Crippen molar-refractivity contribution in [2.24, 2.45) is 0 Å². The largest absolute Gasteiger partial charge is 0.322 e. The molecule has 1 fully saturated rings. The van der Waals surface area contributed by atoms with Gasteiger partial charge in [0.05, 0.1) is 9.85 Å². The lowest BCUT2D eigenvalue weighted by molar-refractivity contribution is -0.385. The van der Waals surface area contributed by atoms with Gasteiger partial charge in [0.2, 0.25) is 0 Å². The number of rotatable bonds is 2. The Labute approximate surface area is 138 Å². The van der Waals surface area contributed by atoms with Gasteiger partial charge < -0.3 is 5.32 Å². The number of amides is 3. The van der Waals surface area contributed by atoms with Crippen molar-refractivity contribution in [3.05, 3.63) is 67.8 Å². The summed E-state index contributed by atoms with van der Waals surface area (Å²) < 4.78 is 0. The molecular formula is C15H8N4O6. The van der Waals surface area contributed by atoms with E-state index in [-0.39, 0.29) is 22.5 Å². The second-order valence-corrected chi connectivity index (χ2v) is 5.63. The van der Waals surface area contributed by atoms with Crippen LogP contribution in [0.25, 0.3) is 11.1 Å². The number of hydrogen-bond donors (Lipinski definition) is 2. The third kappa shape index (κ3) is 1.78. The molecule has 0 saturated carbocycles. The van der Waals surface area contributed by atoms with Gasteiger partial charge in [-0.2, -0.15) is 0 Å². The quantitative estimate of drug-likeness (QED) is 0.482. The number of nitro benzene ring substituents is 2. The van der Waals surface area contributed by atoms with Crippen molar-refractivity contribution >= 4 is 23.3 Å². The molecule has 10 heteroatoms. The van der Waals surface area contributed by atoms with E-state index < -0.39 is 27.3 Å². The second-order valence-electron chi connectivity index (χ2n) is 5.63. The highest BCUT2D eigenvalue weighted by Crippen LogP contribution is 2.50. The molecule has 0 aromatic heterocycles. The van der Waals surface area contributed by atoms with Crippen LogP contribution in [0.3, 0.4) is 0 Å². The van der Waals surface area contributed by atoms with Gasteiger partial charge >= 0.3 is 6.03 Å². The molecular weight excluding hydrogens is 332 g/mol. The van der Waals surface area contributed by atoms with E-state index in [1.807, 2.05) is 0 Å². The predicted octanol–water partition coefficient (Wildman–Crippen LogP) is 1.57. The summed E-state index contributed by atoms with van der Waals surface area (Å²) in [6.45, 7) is 0. The average Bonchev–Trinajstić information content (AvgIpc) is 3.02. The molecule has 1 aliphatic carbocycles. The summed E-state index contributed by atoms with van der Waals surface area (Å²) in [5, 5.41) is 26.8. The molecule has 2 N–H and O–H groups in total. The molecule has 1 saturated heterocycles. The smallest absolute Gasteiger partial charge is 0.316 e. The molecule has 0 unspecified atom stereocenters. The first-order valence-electron chi connectivity index (χ1n) is 7.06. The van der Waals surface area contributed by atoms with Crippen LogP contribution in [0, 0.1) is 20.2 Å². The summed E-state index contributed by atoms with van der Waals surface area (Å²) >= 11 is 0. The number of fused-ring (bicyclic) bond motifs is 5. The summed E-state index contributed by atoms with van der Waals surface area (Å²) in [6.07, 6.45) is 0. The summed E-state index contributed by atoms with van der Waals surface area (Å²) in [4.78, 5) is 45.3. The lowest BCUT2D eigenvalue weighted by Gasteiger charge is -2.22. The number of nitrogens with one attached hydrogen (secondary N) is 2. The maximum atomic E-state index is 12.6. The van der Waals surface area contributed by atoms with E-state index in [2.05, 4.69) is 10.6 Å². The first-order valence-corrected chi connectivity index (χ1v) is 7.06. The first kappa shape index (κ1) is 14.8. The molecule has 124 valence electrons. The minimum Gasteiger partial charge on any atom is -0.316 e. The number of carbonyl (C=O) groups excluding carboxylic acids is 2. The summed E-state index contributed by atoms with van der Waals surface area (Å²) in [7, 11) is 0. The van der Waals surface area contributed by atoms with Gasteiger partial charge in [0, 0.05) is 35.4 Å². The minimum atomic E-state index is -1.72. The zero-order valence-electron chi connectivity index (χ0n) is 12.3. The topological polar surface area (TPSA) is 144 Å². The molecule has 10 nitrogen and oxygen atoms in total. The molecule has 25 heavy (non-hydrogen) atoms. The Morgan fingerprint density at radius 3 is 1.68 bits per heavy atom. The minimum absolute atomic E-state index is 0.209. The Morgan fingerprint density at radius 1 is 0.840 bits per heavy atom. The second kappa shape index (κ2) is 4.60. The monoisotopic (exact) mass is 340 g/mol. The van der Waals surface area contributed by atoms with E-state index in [0.29, 0.717) is 11.1 Å². The van der Waals surface area contributed by atoms with E-state index in [1.54, 1.807) is 0 Å². The maximum Gasteiger partial charge on any atom is 0.322 e. The van der Waals surface area contributed by atoms with Crippen molar-refractivity contribution in [3.8, 4) is 11.1 Å². The number of hydrogen-bond acceptors (Lipinski definition) is 6. The van der Waals surface area contributed by atoms with E-state index in [9.17, 15) is 29.8 Å². The number of non-ortho nitro benzene ring substituents is 2. The Hall–Kier alpha value is -3.82. The molecule has 1 spiro atoms. The molecule has 2 aromatic carbocycles. The highest BCUT2D eigenvalue weighted by Gasteiger charge is 2.55. The van der Waals surface area contributed by atoms with Gasteiger partial charge in [0.15, 0.2) is 5.54 Å². The van der Waals surface area contributed by atoms with E-state index in [1.165, 1.54) is 36.4 Å². The van der Waals surface area contributed by atoms with Crippen LogP contribution >= 0.6 is 0 Å². The molecule has 2 aromatic rings. The van der Waals surface area contributed by atoms with Crippen LogP contribution in [0.2, 0.25) is 0 Å². The third-order valence-corrected chi connectivity index (χ3v) is 4.39.